The topological polar surface area (TPSA) is 98.7 Å². The smallest absolute Gasteiger partial charge is 0.282 e. The van der Waals surface area contributed by atoms with Gasteiger partial charge in [-0.1, -0.05) is 39.7 Å². The molecule has 8 nitrogen and oxygen atoms in total. The van der Waals surface area contributed by atoms with Crippen molar-refractivity contribution in [3.8, 4) is 17.3 Å². The van der Waals surface area contributed by atoms with Gasteiger partial charge in [0.25, 0.3) is 11.5 Å². The van der Waals surface area contributed by atoms with Crippen LogP contribution in [0, 0.1) is 5.82 Å². The van der Waals surface area contributed by atoms with E-state index in [1.165, 1.54) is 30.5 Å². The van der Waals surface area contributed by atoms with Gasteiger partial charge in [-0.15, -0.1) is 0 Å². The molecule has 0 aliphatic rings. The van der Waals surface area contributed by atoms with Gasteiger partial charge in [0.2, 0.25) is 5.82 Å². The Morgan fingerprint density at radius 2 is 1.88 bits per heavy atom. The number of hydrogen-bond donors (Lipinski definition) is 1. The SMILES string of the molecule is O=C(COc1ccc(Br)cc1C=Nn1c(-c2cc3cc(Cl)ccc3o2)nc2ccccc2c1=O)Nc1ccc(F)cc1. The third kappa shape index (κ3) is 5.81. The summed E-state index contributed by atoms with van der Waals surface area (Å²) in [7, 11) is 0. The van der Waals surface area contributed by atoms with Gasteiger partial charge in [0.05, 0.1) is 17.1 Å². The average Bonchev–Trinajstić information content (AvgIpc) is 3.40. The first-order chi connectivity index (χ1) is 20.3. The second-order valence-corrected chi connectivity index (χ2v) is 10.5. The highest BCUT2D eigenvalue weighted by Crippen LogP contribution is 2.29. The number of carbonyl (C=O) groups is 1. The van der Waals surface area contributed by atoms with Crippen molar-refractivity contribution in [3.05, 3.63) is 122 Å². The Morgan fingerprint density at radius 3 is 2.71 bits per heavy atom. The van der Waals surface area contributed by atoms with E-state index in [-0.39, 0.29) is 12.4 Å². The summed E-state index contributed by atoms with van der Waals surface area (Å²) in [5.41, 5.74) is 1.59. The van der Waals surface area contributed by atoms with Crippen molar-refractivity contribution in [1.82, 2.24) is 9.66 Å². The number of halogens is 3. The molecule has 6 rings (SSSR count). The Balaban J connectivity index is 1.35. The Bertz CT molecular complexity index is 2060. The molecular formula is C31H19BrClFN4O4. The van der Waals surface area contributed by atoms with E-state index in [9.17, 15) is 14.0 Å². The maximum Gasteiger partial charge on any atom is 0.282 e. The molecule has 2 aromatic heterocycles. The van der Waals surface area contributed by atoms with E-state index in [1.54, 1.807) is 66.7 Å². The highest BCUT2D eigenvalue weighted by molar-refractivity contribution is 9.10. The number of para-hydroxylation sites is 1. The van der Waals surface area contributed by atoms with Crippen LogP contribution in [0.4, 0.5) is 10.1 Å². The number of carbonyl (C=O) groups excluding carboxylic acids is 1. The molecule has 208 valence electrons. The molecule has 0 saturated heterocycles. The molecule has 0 aliphatic heterocycles. The fraction of sp³-hybridized carbons (Fsp3) is 0.0323. The van der Waals surface area contributed by atoms with Crippen LogP contribution in [-0.2, 0) is 4.79 Å². The molecule has 6 aromatic rings. The zero-order valence-electron chi connectivity index (χ0n) is 21.6. The number of hydrogen-bond acceptors (Lipinski definition) is 6. The van der Waals surface area contributed by atoms with Crippen molar-refractivity contribution in [1.29, 1.82) is 0 Å². The number of ether oxygens (including phenoxy) is 1. The quantitative estimate of drug-likeness (QED) is 0.184. The van der Waals surface area contributed by atoms with Gasteiger partial charge in [0.1, 0.15) is 17.1 Å². The van der Waals surface area contributed by atoms with Gasteiger partial charge in [-0.3, -0.25) is 9.59 Å². The zero-order valence-corrected chi connectivity index (χ0v) is 23.9. The van der Waals surface area contributed by atoms with Crippen LogP contribution in [0.25, 0.3) is 33.5 Å². The van der Waals surface area contributed by atoms with Gasteiger partial charge in [-0.2, -0.15) is 9.78 Å². The second kappa shape index (κ2) is 11.6. The van der Waals surface area contributed by atoms with E-state index < -0.39 is 17.3 Å². The monoisotopic (exact) mass is 644 g/mol. The van der Waals surface area contributed by atoms with Gasteiger partial charge < -0.3 is 14.5 Å². The van der Waals surface area contributed by atoms with Crippen LogP contribution >= 0.6 is 27.5 Å². The lowest BCUT2D eigenvalue weighted by Gasteiger charge is -2.11. The number of aromatic nitrogens is 2. The fourth-order valence-corrected chi connectivity index (χ4v) is 4.82. The molecule has 4 aromatic carbocycles. The molecule has 0 atom stereocenters. The Morgan fingerprint density at radius 1 is 1.07 bits per heavy atom. The van der Waals surface area contributed by atoms with E-state index in [0.717, 1.165) is 14.5 Å². The molecule has 0 saturated carbocycles. The number of rotatable bonds is 7. The van der Waals surface area contributed by atoms with Gasteiger partial charge in [0.15, 0.2) is 12.4 Å². The minimum atomic E-state index is -0.436. The van der Waals surface area contributed by atoms with Crippen molar-refractivity contribution >= 4 is 67.2 Å². The standard InChI is InChI=1S/C31H19BrClFN4O4/c32-20-5-11-26(41-17-29(39)36-23-9-7-22(34)8-10-23)19(13-20)16-35-38-30(37-25-4-2-1-3-24(25)31(38)40)28-15-18-14-21(33)6-12-27(18)42-28/h1-16H,17H2,(H,36,39). The maximum atomic E-state index is 13.6. The molecule has 2 heterocycles. The molecule has 1 N–H and O–H groups in total. The summed E-state index contributed by atoms with van der Waals surface area (Å²) >= 11 is 9.60. The number of nitrogens with zero attached hydrogens (tertiary/aromatic N) is 3. The number of furan rings is 1. The van der Waals surface area contributed by atoms with Crippen LogP contribution in [-0.4, -0.2) is 28.4 Å². The molecule has 0 fully saturated rings. The highest BCUT2D eigenvalue weighted by Gasteiger charge is 2.17. The number of amides is 1. The molecule has 0 spiro atoms. The minimum Gasteiger partial charge on any atom is -0.483 e. The Kier molecular flexibility index (Phi) is 7.56. The molecule has 0 aliphatic carbocycles. The molecule has 0 bridgehead atoms. The van der Waals surface area contributed by atoms with Crippen LogP contribution < -0.4 is 15.6 Å². The Labute approximate surface area is 251 Å². The lowest BCUT2D eigenvalue weighted by atomic mass is 10.2. The molecule has 0 radical (unpaired) electrons. The van der Waals surface area contributed by atoms with Crippen LogP contribution in [0.15, 0.2) is 110 Å². The fourth-order valence-electron chi connectivity index (χ4n) is 4.26. The average molecular weight is 646 g/mol. The third-order valence-electron chi connectivity index (χ3n) is 6.22. The van der Waals surface area contributed by atoms with E-state index in [4.69, 9.17) is 20.8 Å². The van der Waals surface area contributed by atoms with Gasteiger partial charge in [0, 0.05) is 26.1 Å². The number of nitrogens with one attached hydrogen (secondary N) is 1. The van der Waals surface area contributed by atoms with Crippen LogP contribution in [0.1, 0.15) is 5.56 Å². The lowest BCUT2D eigenvalue weighted by molar-refractivity contribution is -0.118. The molecule has 11 heteroatoms. The van der Waals surface area contributed by atoms with Crippen molar-refractivity contribution in [2.45, 2.75) is 0 Å². The normalized spacial score (nSPS) is 11.4. The molecule has 1 amide bonds. The van der Waals surface area contributed by atoms with Crippen molar-refractivity contribution in [3.63, 3.8) is 0 Å². The van der Waals surface area contributed by atoms with E-state index in [0.29, 0.717) is 44.3 Å². The van der Waals surface area contributed by atoms with Crippen LogP contribution in [0.2, 0.25) is 5.02 Å². The van der Waals surface area contributed by atoms with E-state index in [1.807, 2.05) is 0 Å². The third-order valence-corrected chi connectivity index (χ3v) is 6.95. The number of fused-ring (bicyclic) bond motifs is 2. The highest BCUT2D eigenvalue weighted by atomic mass is 79.9. The number of anilines is 1. The van der Waals surface area contributed by atoms with Gasteiger partial charge in [-0.25, -0.2) is 9.37 Å². The van der Waals surface area contributed by atoms with Crippen molar-refractivity contribution in [2.75, 3.05) is 11.9 Å². The molecule has 42 heavy (non-hydrogen) atoms. The van der Waals surface area contributed by atoms with Crippen LogP contribution in [0.3, 0.4) is 0 Å². The summed E-state index contributed by atoms with van der Waals surface area (Å²) in [6.45, 7) is -0.315. The Hall–Kier alpha value is -4.80. The first-order valence-corrected chi connectivity index (χ1v) is 13.7. The van der Waals surface area contributed by atoms with Crippen molar-refractivity contribution in [2.24, 2.45) is 5.10 Å². The van der Waals surface area contributed by atoms with E-state index >= 15 is 0 Å². The van der Waals surface area contributed by atoms with Crippen molar-refractivity contribution < 1.29 is 18.3 Å². The predicted octanol–water partition coefficient (Wildman–Crippen LogP) is 7.26. The molecular weight excluding hydrogens is 627 g/mol. The summed E-state index contributed by atoms with van der Waals surface area (Å²) < 4.78 is 26.8. The zero-order chi connectivity index (χ0) is 29.2. The van der Waals surface area contributed by atoms with Gasteiger partial charge >= 0.3 is 0 Å². The minimum absolute atomic E-state index is 0.193. The summed E-state index contributed by atoms with van der Waals surface area (Å²) in [5.74, 6) is 0.0260. The summed E-state index contributed by atoms with van der Waals surface area (Å²) in [6, 6.07) is 24.5. The first kappa shape index (κ1) is 27.4. The molecule has 0 unspecified atom stereocenters. The first-order valence-electron chi connectivity index (χ1n) is 12.6. The number of benzene rings is 4. The van der Waals surface area contributed by atoms with Gasteiger partial charge in [-0.05, 0) is 78.9 Å². The predicted molar refractivity (Wildman–Crippen MR) is 164 cm³/mol. The summed E-state index contributed by atoms with van der Waals surface area (Å²) in [5, 5.41) is 8.80. The van der Waals surface area contributed by atoms with E-state index in [2.05, 4.69) is 31.3 Å². The lowest BCUT2D eigenvalue weighted by Crippen LogP contribution is -2.21. The maximum absolute atomic E-state index is 13.6. The van der Waals surface area contributed by atoms with Crippen LogP contribution in [0.5, 0.6) is 5.75 Å². The second-order valence-electron chi connectivity index (χ2n) is 9.13. The largest absolute Gasteiger partial charge is 0.483 e. The summed E-state index contributed by atoms with van der Waals surface area (Å²) in [4.78, 5) is 30.7. The summed E-state index contributed by atoms with van der Waals surface area (Å²) in [6.07, 6.45) is 1.44.